The van der Waals surface area contributed by atoms with Crippen molar-refractivity contribution in [3.8, 4) is 0 Å². The summed E-state index contributed by atoms with van der Waals surface area (Å²) in [6.45, 7) is 10.7. The van der Waals surface area contributed by atoms with Crippen LogP contribution < -0.4 is 20.7 Å². The SMILES string of the molecule is CCCCc1ccc(C(=O)N[C@@](C)(NC(=O)NS(=O)(=O)c2ccc(C)cc2)C(=O)N[CH]CC(C)C)cc1. The fourth-order valence-electron chi connectivity index (χ4n) is 3.33. The average Bonchev–Trinajstić information content (AvgIpc) is 2.82. The normalized spacial score (nSPS) is 12.9. The van der Waals surface area contributed by atoms with Crippen LogP contribution in [-0.2, 0) is 21.2 Å². The smallest absolute Gasteiger partial charge is 0.330 e. The molecule has 4 amide bonds. The number of unbranched alkanes of at least 4 members (excludes halogenated alkanes) is 1. The molecule has 0 aliphatic carbocycles. The summed E-state index contributed by atoms with van der Waals surface area (Å²) in [6.07, 6.45) is 3.53. The van der Waals surface area contributed by atoms with Crippen molar-refractivity contribution in [2.75, 3.05) is 0 Å². The van der Waals surface area contributed by atoms with Crippen LogP contribution in [0.5, 0.6) is 0 Å². The quantitative estimate of drug-likeness (QED) is 0.311. The molecule has 0 bridgehead atoms. The molecule has 0 saturated carbocycles. The minimum absolute atomic E-state index is 0.114. The summed E-state index contributed by atoms with van der Waals surface area (Å²) >= 11 is 0. The molecule has 0 aliphatic rings. The van der Waals surface area contributed by atoms with Gasteiger partial charge in [-0.25, -0.2) is 17.9 Å². The van der Waals surface area contributed by atoms with Gasteiger partial charge in [-0.15, -0.1) is 0 Å². The summed E-state index contributed by atoms with van der Waals surface area (Å²) in [5.74, 6) is -1.07. The van der Waals surface area contributed by atoms with Gasteiger partial charge in [0, 0.05) is 12.1 Å². The summed E-state index contributed by atoms with van der Waals surface area (Å²) in [5, 5.41) is 7.43. The second kappa shape index (κ2) is 13.2. The van der Waals surface area contributed by atoms with Crippen molar-refractivity contribution in [2.24, 2.45) is 5.92 Å². The van der Waals surface area contributed by atoms with Crippen molar-refractivity contribution in [3.05, 3.63) is 71.8 Å². The Bertz CT molecular complexity index is 1180. The Balaban J connectivity index is 2.21. The molecule has 10 heteroatoms. The van der Waals surface area contributed by atoms with E-state index in [1.165, 1.54) is 25.6 Å². The van der Waals surface area contributed by atoms with Crippen LogP contribution in [0.1, 0.15) is 68.4 Å². The molecule has 2 aromatic carbocycles. The van der Waals surface area contributed by atoms with Gasteiger partial charge in [-0.2, -0.15) is 0 Å². The standard InChI is InChI=1S/C27H37N4O5S/c1-6-7-8-21-11-13-22(14-12-21)24(32)29-27(5,25(33)28-18-17-19(2)3)30-26(34)31-37(35,36)23-15-9-20(4)10-16-23/h9-16,18-19H,6-8,17H2,1-5H3,(H,28,33)(H,29,32)(H2,30,31,34)/t27-/m0/s1. The molecule has 0 aromatic heterocycles. The Labute approximate surface area is 219 Å². The molecule has 0 saturated heterocycles. The molecule has 0 spiro atoms. The zero-order valence-electron chi connectivity index (χ0n) is 22.1. The molecular weight excluding hydrogens is 492 g/mol. The van der Waals surface area contributed by atoms with Gasteiger partial charge in [-0.05, 0) is 68.9 Å². The third-order valence-electron chi connectivity index (χ3n) is 5.60. The Morgan fingerprint density at radius 2 is 1.59 bits per heavy atom. The van der Waals surface area contributed by atoms with E-state index in [-0.39, 0.29) is 10.8 Å². The lowest BCUT2D eigenvalue weighted by molar-refractivity contribution is -0.127. The van der Waals surface area contributed by atoms with Crippen LogP contribution in [0.3, 0.4) is 0 Å². The molecular formula is C27H37N4O5S. The van der Waals surface area contributed by atoms with Crippen molar-refractivity contribution in [1.29, 1.82) is 0 Å². The number of aryl methyl sites for hydroxylation is 2. The lowest BCUT2D eigenvalue weighted by Crippen LogP contribution is -2.68. The molecule has 2 rings (SSSR count). The van der Waals surface area contributed by atoms with Crippen molar-refractivity contribution in [2.45, 2.75) is 70.9 Å². The summed E-state index contributed by atoms with van der Waals surface area (Å²) in [7, 11) is -4.21. The van der Waals surface area contributed by atoms with E-state index in [1.54, 1.807) is 31.2 Å². The first-order chi connectivity index (χ1) is 17.4. The number of carbonyl (C=O) groups is 3. The fourth-order valence-corrected chi connectivity index (χ4v) is 4.24. The van der Waals surface area contributed by atoms with E-state index in [9.17, 15) is 22.8 Å². The summed E-state index contributed by atoms with van der Waals surface area (Å²) < 4.78 is 27.2. The predicted molar refractivity (Wildman–Crippen MR) is 143 cm³/mol. The number of sulfonamides is 1. The maximum Gasteiger partial charge on any atom is 0.330 e. The van der Waals surface area contributed by atoms with E-state index in [1.807, 2.05) is 30.7 Å². The highest BCUT2D eigenvalue weighted by Gasteiger charge is 2.38. The van der Waals surface area contributed by atoms with Crippen LogP contribution in [-0.4, -0.2) is 31.9 Å². The van der Waals surface area contributed by atoms with Gasteiger partial charge in [-0.3, -0.25) is 9.59 Å². The fraction of sp³-hybridized carbons (Fsp3) is 0.407. The van der Waals surface area contributed by atoms with E-state index in [2.05, 4.69) is 22.9 Å². The number of urea groups is 1. The lowest BCUT2D eigenvalue weighted by atomic mass is 10.1. The number of carbonyl (C=O) groups excluding carboxylic acids is 3. The minimum atomic E-state index is -4.21. The van der Waals surface area contributed by atoms with Gasteiger partial charge in [0.15, 0.2) is 5.66 Å². The molecule has 1 atom stereocenters. The van der Waals surface area contributed by atoms with Crippen LogP contribution in [0.25, 0.3) is 0 Å². The summed E-state index contributed by atoms with van der Waals surface area (Å²) in [4.78, 5) is 38.7. The first-order valence-corrected chi connectivity index (χ1v) is 13.8. The van der Waals surface area contributed by atoms with Crippen molar-refractivity contribution in [3.63, 3.8) is 0 Å². The molecule has 0 fully saturated rings. The number of nitrogens with one attached hydrogen (secondary N) is 4. The Morgan fingerprint density at radius 1 is 0.973 bits per heavy atom. The molecule has 0 aliphatic heterocycles. The van der Waals surface area contributed by atoms with Crippen molar-refractivity contribution < 1.29 is 22.8 Å². The number of rotatable bonds is 12. The van der Waals surface area contributed by atoms with Gasteiger partial charge in [0.1, 0.15) is 0 Å². The second-order valence-corrected chi connectivity index (χ2v) is 11.2. The third kappa shape index (κ3) is 9.20. The first kappa shape index (κ1) is 29.8. The van der Waals surface area contributed by atoms with E-state index in [0.717, 1.165) is 30.4 Å². The van der Waals surface area contributed by atoms with Gasteiger partial charge in [0.25, 0.3) is 21.8 Å². The molecule has 4 N–H and O–H groups in total. The van der Waals surface area contributed by atoms with Crippen LogP contribution in [0.4, 0.5) is 4.79 Å². The molecule has 9 nitrogen and oxygen atoms in total. The number of hydrogen-bond acceptors (Lipinski definition) is 5. The highest BCUT2D eigenvalue weighted by atomic mass is 32.2. The zero-order chi connectivity index (χ0) is 27.6. The molecule has 0 unspecified atom stereocenters. The Hall–Kier alpha value is -3.40. The Kier molecular flexibility index (Phi) is 10.7. The minimum Gasteiger partial charge on any atom is -0.348 e. The molecule has 1 radical (unpaired) electrons. The van der Waals surface area contributed by atoms with Gasteiger partial charge in [0.2, 0.25) is 0 Å². The number of benzene rings is 2. The molecule has 0 heterocycles. The van der Waals surface area contributed by atoms with Gasteiger partial charge >= 0.3 is 6.03 Å². The number of amides is 4. The average molecular weight is 530 g/mol. The van der Waals surface area contributed by atoms with Gasteiger partial charge in [-0.1, -0.05) is 57.0 Å². The maximum absolute atomic E-state index is 13.0. The van der Waals surface area contributed by atoms with E-state index < -0.39 is 33.5 Å². The molecule has 37 heavy (non-hydrogen) atoms. The van der Waals surface area contributed by atoms with E-state index in [0.29, 0.717) is 12.0 Å². The van der Waals surface area contributed by atoms with Crippen LogP contribution in [0.15, 0.2) is 53.4 Å². The highest BCUT2D eigenvalue weighted by Crippen LogP contribution is 2.12. The zero-order valence-corrected chi connectivity index (χ0v) is 22.9. The van der Waals surface area contributed by atoms with Crippen molar-refractivity contribution in [1.82, 2.24) is 20.7 Å². The largest absolute Gasteiger partial charge is 0.348 e. The maximum atomic E-state index is 13.0. The lowest BCUT2D eigenvalue weighted by Gasteiger charge is -2.30. The summed E-state index contributed by atoms with van der Waals surface area (Å²) in [6, 6.07) is 11.7. The van der Waals surface area contributed by atoms with E-state index >= 15 is 0 Å². The van der Waals surface area contributed by atoms with Crippen molar-refractivity contribution >= 4 is 27.9 Å². The summed E-state index contributed by atoms with van der Waals surface area (Å²) in [5.41, 5.74) is 0.269. The van der Waals surface area contributed by atoms with Crippen LogP contribution in [0, 0.1) is 19.4 Å². The van der Waals surface area contributed by atoms with Gasteiger partial charge < -0.3 is 16.0 Å². The highest BCUT2D eigenvalue weighted by molar-refractivity contribution is 7.90. The van der Waals surface area contributed by atoms with Crippen LogP contribution in [0.2, 0.25) is 0 Å². The van der Waals surface area contributed by atoms with E-state index in [4.69, 9.17) is 0 Å². The van der Waals surface area contributed by atoms with Gasteiger partial charge in [0.05, 0.1) is 4.90 Å². The number of hydrogen-bond donors (Lipinski definition) is 4. The third-order valence-corrected chi connectivity index (χ3v) is 6.94. The monoisotopic (exact) mass is 529 g/mol. The first-order valence-electron chi connectivity index (χ1n) is 12.3. The van der Waals surface area contributed by atoms with Crippen LogP contribution >= 0.6 is 0 Å². The molecule has 2 aromatic rings. The topological polar surface area (TPSA) is 133 Å². The Morgan fingerprint density at radius 3 is 2.16 bits per heavy atom. The molecule has 201 valence electrons. The predicted octanol–water partition coefficient (Wildman–Crippen LogP) is 3.80. The second-order valence-electron chi connectivity index (χ2n) is 9.56.